The molecule has 0 aliphatic heterocycles. The number of para-hydroxylation sites is 1. The van der Waals surface area contributed by atoms with Gasteiger partial charge in [0, 0.05) is 23.7 Å². The lowest BCUT2D eigenvalue weighted by Crippen LogP contribution is -2.04. The van der Waals surface area contributed by atoms with E-state index in [4.69, 9.17) is 5.11 Å². The monoisotopic (exact) mass is 197 g/mol. The zero-order valence-corrected chi connectivity index (χ0v) is 8.39. The molecule has 0 fully saturated rings. The molecule has 1 aromatic carbocycles. The molecule has 1 rings (SSSR count). The molecule has 0 bridgehead atoms. The van der Waals surface area contributed by atoms with Gasteiger partial charge >= 0.3 is 0 Å². The molecule has 0 aliphatic rings. The highest BCUT2D eigenvalue weighted by molar-refractivity contribution is 7.99. The van der Waals surface area contributed by atoms with Crippen LogP contribution in [0, 0.1) is 0 Å². The van der Waals surface area contributed by atoms with E-state index in [2.05, 4.69) is 17.4 Å². The van der Waals surface area contributed by atoms with Crippen molar-refractivity contribution in [3.63, 3.8) is 0 Å². The zero-order valence-electron chi connectivity index (χ0n) is 7.57. The van der Waals surface area contributed by atoms with Gasteiger partial charge in [-0.1, -0.05) is 18.2 Å². The summed E-state index contributed by atoms with van der Waals surface area (Å²) in [6.45, 7) is 1.23. The van der Waals surface area contributed by atoms with Crippen molar-refractivity contribution in [1.29, 1.82) is 0 Å². The van der Waals surface area contributed by atoms with Crippen LogP contribution in [0.3, 0.4) is 0 Å². The summed E-state index contributed by atoms with van der Waals surface area (Å²) in [4.78, 5) is 0. The third-order valence-electron chi connectivity index (χ3n) is 1.58. The Balaban J connectivity index is 2.07. The van der Waals surface area contributed by atoms with Crippen LogP contribution in [0.5, 0.6) is 0 Å². The quantitative estimate of drug-likeness (QED) is 0.682. The van der Waals surface area contributed by atoms with E-state index < -0.39 is 0 Å². The van der Waals surface area contributed by atoms with Crippen molar-refractivity contribution in [3.8, 4) is 0 Å². The van der Waals surface area contributed by atoms with Gasteiger partial charge in [-0.15, -0.1) is 0 Å². The summed E-state index contributed by atoms with van der Waals surface area (Å²) in [7, 11) is 0. The first-order chi connectivity index (χ1) is 6.43. The SMILES string of the molecule is OCCSCCNc1ccccc1. The third kappa shape index (κ3) is 4.80. The van der Waals surface area contributed by atoms with Crippen LogP contribution >= 0.6 is 11.8 Å². The summed E-state index contributed by atoms with van der Waals surface area (Å²) < 4.78 is 0. The van der Waals surface area contributed by atoms with Crippen molar-refractivity contribution in [1.82, 2.24) is 0 Å². The summed E-state index contributed by atoms with van der Waals surface area (Å²) in [5.74, 6) is 1.87. The minimum Gasteiger partial charge on any atom is -0.396 e. The lowest BCUT2D eigenvalue weighted by Gasteiger charge is -2.04. The molecule has 0 saturated heterocycles. The Morgan fingerprint density at radius 3 is 2.62 bits per heavy atom. The smallest absolute Gasteiger partial charge is 0.0521 e. The summed E-state index contributed by atoms with van der Waals surface area (Å²) in [5, 5.41) is 11.8. The minimum atomic E-state index is 0.274. The molecule has 0 aliphatic carbocycles. The van der Waals surface area contributed by atoms with E-state index in [1.165, 1.54) is 0 Å². The number of nitrogens with one attached hydrogen (secondary N) is 1. The average Bonchev–Trinajstić information content (AvgIpc) is 2.19. The van der Waals surface area contributed by atoms with Crippen molar-refractivity contribution in [2.75, 3.05) is 30.0 Å². The molecule has 13 heavy (non-hydrogen) atoms. The first-order valence-corrected chi connectivity index (χ1v) is 5.56. The second-order valence-electron chi connectivity index (χ2n) is 2.63. The predicted octanol–water partition coefficient (Wildman–Crippen LogP) is 1.82. The number of hydrogen-bond acceptors (Lipinski definition) is 3. The highest BCUT2D eigenvalue weighted by atomic mass is 32.2. The van der Waals surface area contributed by atoms with Crippen molar-refractivity contribution in [3.05, 3.63) is 30.3 Å². The Labute approximate surface area is 83.4 Å². The first-order valence-electron chi connectivity index (χ1n) is 4.41. The molecule has 0 amide bonds. The van der Waals surface area contributed by atoms with Gasteiger partial charge in [-0.3, -0.25) is 0 Å². The molecule has 1 aromatic rings. The lowest BCUT2D eigenvalue weighted by molar-refractivity contribution is 0.322. The van der Waals surface area contributed by atoms with Crippen molar-refractivity contribution >= 4 is 17.4 Å². The van der Waals surface area contributed by atoms with Crippen LogP contribution in [-0.4, -0.2) is 29.8 Å². The van der Waals surface area contributed by atoms with Gasteiger partial charge in [0.2, 0.25) is 0 Å². The van der Waals surface area contributed by atoms with Crippen LogP contribution in [-0.2, 0) is 0 Å². The number of anilines is 1. The van der Waals surface area contributed by atoms with E-state index in [-0.39, 0.29) is 6.61 Å². The molecule has 72 valence electrons. The van der Waals surface area contributed by atoms with Gasteiger partial charge in [0.25, 0.3) is 0 Å². The number of rotatable bonds is 6. The number of hydrogen-bond donors (Lipinski definition) is 2. The van der Waals surface area contributed by atoms with Crippen molar-refractivity contribution < 1.29 is 5.11 Å². The Morgan fingerprint density at radius 2 is 1.92 bits per heavy atom. The number of aliphatic hydroxyl groups excluding tert-OH is 1. The standard InChI is InChI=1S/C10H15NOS/c12-7-9-13-8-6-11-10-4-2-1-3-5-10/h1-5,11-12H,6-9H2. The predicted molar refractivity (Wildman–Crippen MR) is 59.3 cm³/mol. The largest absolute Gasteiger partial charge is 0.396 e. The summed E-state index contributed by atoms with van der Waals surface area (Å²) in [6, 6.07) is 10.1. The van der Waals surface area contributed by atoms with Gasteiger partial charge in [0.05, 0.1) is 6.61 Å². The third-order valence-corrected chi connectivity index (χ3v) is 2.55. The molecule has 0 heterocycles. The molecule has 0 spiro atoms. The van der Waals surface area contributed by atoms with Crippen molar-refractivity contribution in [2.24, 2.45) is 0 Å². The van der Waals surface area contributed by atoms with Gasteiger partial charge in [0.15, 0.2) is 0 Å². The Morgan fingerprint density at radius 1 is 1.15 bits per heavy atom. The molecule has 3 heteroatoms. The first kappa shape index (κ1) is 10.4. The maximum atomic E-state index is 8.54. The van der Waals surface area contributed by atoms with Gasteiger partial charge in [-0.25, -0.2) is 0 Å². The van der Waals surface area contributed by atoms with Crippen LogP contribution in [0.15, 0.2) is 30.3 Å². The van der Waals surface area contributed by atoms with Crippen molar-refractivity contribution in [2.45, 2.75) is 0 Å². The second kappa shape index (κ2) is 6.80. The molecular weight excluding hydrogens is 182 g/mol. The zero-order chi connectivity index (χ0) is 9.36. The maximum absolute atomic E-state index is 8.54. The average molecular weight is 197 g/mol. The fraction of sp³-hybridized carbons (Fsp3) is 0.400. The van der Waals surface area contributed by atoms with E-state index in [1.54, 1.807) is 11.8 Å². The van der Waals surface area contributed by atoms with Gasteiger partial charge in [-0.05, 0) is 12.1 Å². The van der Waals surface area contributed by atoms with Crippen LogP contribution in [0.25, 0.3) is 0 Å². The topological polar surface area (TPSA) is 32.3 Å². The van der Waals surface area contributed by atoms with Crippen LogP contribution < -0.4 is 5.32 Å². The van der Waals surface area contributed by atoms with E-state index in [0.717, 1.165) is 23.7 Å². The summed E-state index contributed by atoms with van der Waals surface area (Å²) >= 11 is 1.76. The summed E-state index contributed by atoms with van der Waals surface area (Å²) in [6.07, 6.45) is 0. The van der Waals surface area contributed by atoms with Crippen LogP contribution in [0.2, 0.25) is 0 Å². The highest BCUT2D eigenvalue weighted by Gasteiger charge is 1.89. The van der Waals surface area contributed by atoms with Crippen LogP contribution in [0.4, 0.5) is 5.69 Å². The molecule has 2 nitrogen and oxygen atoms in total. The highest BCUT2D eigenvalue weighted by Crippen LogP contribution is 2.05. The van der Waals surface area contributed by atoms with E-state index in [9.17, 15) is 0 Å². The van der Waals surface area contributed by atoms with Crippen LogP contribution in [0.1, 0.15) is 0 Å². The normalized spacial score (nSPS) is 9.92. The number of aliphatic hydroxyl groups is 1. The fourth-order valence-electron chi connectivity index (χ4n) is 0.990. The van der Waals surface area contributed by atoms with E-state index >= 15 is 0 Å². The summed E-state index contributed by atoms with van der Waals surface area (Å²) in [5.41, 5.74) is 1.16. The number of thioether (sulfide) groups is 1. The number of benzene rings is 1. The Kier molecular flexibility index (Phi) is 5.45. The van der Waals surface area contributed by atoms with Gasteiger partial charge in [0.1, 0.15) is 0 Å². The lowest BCUT2D eigenvalue weighted by atomic mass is 10.3. The second-order valence-corrected chi connectivity index (χ2v) is 3.85. The van der Waals surface area contributed by atoms with Gasteiger partial charge < -0.3 is 10.4 Å². The fourth-order valence-corrected chi connectivity index (χ4v) is 1.57. The molecule has 0 atom stereocenters. The molecule has 0 radical (unpaired) electrons. The van der Waals surface area contributed by atoms with Gasteiger partial charge in [-0.2, -0.15) is 11.8 Å². The molecule has 0 saturated carbocycles. The minimum absolute atomic E-state index is 0.274. The Bertz CT molecular complexity index is 215. The molecule has 2 N–H and O–H groups in total. The van der Waals surface area contributed by atoms with E-state index in [0.29, 0.717) is 0 Å². The molecular formula is C10H15NOS. The van der Waals surface area contributed by atoms with E-state index in [1.807, 2.05) is 18.2 Å². The molecule has 0 aromatic heterocycles. The Hall–Kier alpha value is -0.670. The maximum Gasteiger partial charge on any atom is 0.0521 e. The molecule has 0 unspecified atom stereocenters.